The summed E-state index contributed by atoms with van der Waals surface area (Å²) in [5.74, 6) is 0.0415. The lowest BCUT2D eigenvalue weighted by molar-refractivity contribution is -0.133. The van der Waals surface area contributed by atoms with E-state index in [1.54, 1.807) is 0 Å². The molecule has 6 nitrogen and oxygen atoms in total. The highest BCUT2D eigenvalue weighted by Crippen LogP contribution is 2.20. The molecule has 0 aliphatic carbocycles. The Bertz CT molecular complexity index is 588. The van der Waals surface area contributed by atoms with E-state index in [4.69, 9.17) is 11.6 Å². The van der Waals surface area contributed by atoms with Crippen molar-refractivity contribution in [1.82, 2.24) is 15.1 Å². The molecule has 138 valence electrons. The standard InChI is InChI=1S/C18H27ClN4O2/c1-3-20-17(24)13-21(4-2)14-18(25)23-10-8-22(9-11-23)16-7-5-6-15(19)12-16/h5-7,12H,3-4,8-11,13-14H2,1-2H3,(H,20,24). The highest BCUT2D eigenvalue weighted by Gasteiger charge is 2.23. The molecule has 1 N–H and O–H groups in total. The van der Waals surface area contributed by atoms with Gasteiger partial charge < -0.3 is 15.1 Å². The van der Waals surface area contributed by atoms with E-state index < -0.39 is 0 Å². The van der Waals surface area contributed by atoms with Crippen LogP contribution in [0.25, 0.3) is 0 Å². The predicted molar refractivity (Wildman–Crippen MR) is 101 cm³/mol. The highest BCUT2D eigenvalue weighted by molar-refractivity contribution is 6.30. The van der Waals surface area contributed by atoms with Crippen LogP contribution in [-0.2, 0) is 9.59 Å². The topological polar surface area (TPSA) is 55.9 Å². The van der Waals surface area contributed by atoms with Crippen LogP contribution in [0.4, 0.5) is 5.69 Å². The van der Waals surface area contributed by atoms with Crippen molar-refractivity contribution in [1.29, 1.82) is 0 Å². The third-order valence-corrected chi connectivity index (χ3v) is 4.59. The number of rotatable bonds is 7. The SMILES string of the molecule is CCNC(=O)CN(CC)CC(=O)N1CCN(c2cccc(Cl)c2)CC1. The first-order chi connectivity index (χ1) is 12.0. The number of nitrogens with one attached hydrogen (secondary N) is 1. The van der Waals surface area contributed by atoms with Crippen molar-refractivity contribution in [2.45, 2.75) is 13.8 Å². The van der Waals surface area contributed by atoms with Gasteiger partial charge in [-0.05, 0) is 31.7 Å². The number of carbonyl (C=O) groups is 2. The molecule has 0 atom stereocenters. The van der Waals surface area contributed by atoms with Gasteiger partial charge in [-0.15, -0.1) is 0 Å². The van der Waals surface area contributed by atoms with E-state index in [0.717, 1.165) is 23.8 Å². The van der Waals surface area contributed by atoms with Crippen LogP contribution in [0.2, 0.25) is 5.02 Å². The molecule has 1 aliphatic rings. The van der Waals surface area contributed by atoms with Gasteiger partial charge in [0, 0.05) is 43.4 Å². The molecule has 1 aliphatic heterocycles. The number of nitrogens with zero attached hydrogens (tertiary/aromatic N) is 3. The van der Waals surface area contributed by atoms with Gasteiger partial charge in [0.05, 0.1) is 13.1 Å². The average Bonchev–Trinajstić information content (AvgIpc) is 2.61. The minimum Gasteiger partial charge on any atom is -0.368 e. The van der Waals surface area contributed by atoms with Gasteiger partial charge in [0.25, 0.3) is 0 Å². The molecular formula is C18H27ClN4O2. The van der Waals surface area contributed by atoms with Crippen LogP contribution in [-0.4, -0.2) is 74.0 Å². The van der Waals surface area contributed by atoms with Gasteiger partial charge in [0.2, 0.25) is 11.8 Å². The minimum atomic E-state index is -0.0390. The number of carbonyl (C=O) groups excluding carboxylic acids is 2. The van der Waals surface area contributed by atoms with E-state index in [1.165, 1.54) is 0 Å². The van der Waals surface area contributed by atoms with E-state index in [9.17, 15) is 9.59 Å². The summed E-state index contributed by atoms with van der Waals surface area (Å²) in [7, 11) is 0. The third kappa shape index (κ3) is 5.90. The van der Waals surface area contributed by atoms with E-state index in [1.807, 2.05) is 47.9 Å². The van der Waals surface area contributed by atoms with Gasteiger partial charge in [0.1, 0.15) is 0 Å². The second-order valence-electron chi connectivity index (χ2n) is 6.10. The Hall–Kier alpha value is -1.79. The molecular weight excluding hydrogens is 340 g/mol. The van der Waals surface area contributed by atoms with Crippen LogP contribution in [0.5, 0.6) is 0 Å². The number of hydrogen-bond acceptors (Lipinski definition) is 4. The summed E-state index contributed by atoms with van der Waals surface area (Å²) in [6, 6.07) is 7.78. The summed E-state index contributed by atoms with van der Waals surface area (Å²) < 4.78 is 0. The lowest BCUT2D eigenvalue weighted by Crippen LogP contribution is -2.52. The van der Waals surface area contributed by atoms with Gasteiger partial charge in [-0.3, -0.25) is 14.5 Å². The summed E-state index contributed by atoms with van der Waals surface area (Å²) in [5, 5.41) is 3.49. The Morgan fingerprint density at radius 2 is 1.88 bits per heavy atom. The van der Waals surface area contributed by atoms with Crippen LogP contribution in [0.3, 0.4) is 0 Å². The molecule has 0 bridgehead atoms. The number of anilines is 1. The third-order valence-electron chi connectivity index (χ3n) is 4.35. The fourth-order valence-corrected chi connectivity index (χ4v) is 3.10. The molecule has 1 saturated heterocycles. The van der Waals surface area contributed by atoms with Crippen molar-refractivity contribution >= 4 is 29.1 Å². The van der Waals surface area contributed by atoms with Gasteiger partial charge in [-0.2, -0.15) is 0 Å². The second kappa shape index (κ2) is 9.63. The molecule has 1 aromatic carbocycles. The molecule has 0 radical (unpaired) electrons. The largest absolute Gasteiger partial charge is 0.368 e. The Morgan fingerprint density at radius 3 is 2.48 bits per heavy atom. The zero-order valence-corrected chi connectivity index (χ0v) is 15.8. The smallest absolute Gasteiger partial charge is 0.236 e. The van der Waals surface area contributed by atoms with E-state index in [-0.39, 0.29) is 24.9 Å². The Balaban J connectivity index is 1.83. The molecule has 0 spiro atoms. The van der Waals surface area contributed by atoms with E-state index in [0.29, 0.717) is 26.2 Å². The number of benzene rings is 1. The molecule has 0 unspecified atom stereocenters. The summed E-state index contributed by atoms with van der Waals surface area (Å²) in [6.07, 6.45) is 0. The monoisotopic (exact) mass is 366 g/mol. The lowest BCUT2D eigenvalue weighted by atomic mass is 10.2. The normalized spacial score (nSPS) is 14.7. The van der Waals surface area contributed by atoms with Gasteiger partial charge in [-0.25, -0.2) is 0 Å². The highest BCUT2D eigenvalue weighted by atomic mass is 35.5. The first-order valence-corrected chi connectivity index (χ1v) is 9.18. The summed E-state index contributed by atoms with van der Waals surface area (Å²) in [5.41, 5.74) is 1.09. The van der Waals surface area contributed by atoms with Crippen molar-refractivity contribution in [2.24, 2.45) is 0 Å². The van der Waals surface area contributed by atoms with Crippen molar-refractivity contribution in [2.75, 3.05) is 57.3 Å². The van der Waals surface area contributed by atoms with E-state index >= 15 is 0 Å². The summed E-state index contributed by atoms with van der Waals surface area (Å²) in [4.78, 5) is 30.2. The summed E-state index contributed by atoms with van der Waals surface area (Å²) >= 11 is 6.05. The van der Waals surface area contributed by atoms with E-state index in [2.05, 4.69) is 10.2 Å². The van der Waals surface area contributed by atoms with Crippen molar-refractivity contribution < 1.29 is 9.59 Å². The van der Waals surface area contributed by atoms with Gasteiger partial charge in [-0.1, -0.05) is 24.6 Å². The number of halogens is 1. The van der Waals surface area contributed by atoms with Crippen LogP contribution in [0, 0.1) is 0 Å². The summed E-state index contributed by atoms with van der Waals surface area (Å²) in [6.45, 7) is 8.62. The molecule has 2 amide bonds. The zero-order chi connectivity index (χ0) is 18.2. The molecule has 0 saturated carbocycles. The molecule has 2 rings (SSSR count). The van der Waals surface area contributed by atoms with Crippen LogP contribution in [0.1, 0.15) is 13.8 Å². The Labute approximate surface area is 154 Å². The molecule has 0 aromatic heterocycles. The molecule has 1 fully saturated rings. The van der Waals surface area contributed by atoms with Crippen molar-refractivity contribution in [3.63, 3.8) is 0 Å². The minimum absolute atomic E-state index is 0.0390. The predicted octanol–water partition coefficient (Wildman–Crippen LogP) is 1.45. The maximum absolute atomic E-state index is 12.5. The Morgan fingerprint density at radius 1 is 1.16 bits per heavy atom. The quantitative estimate of drug-likeness (QED) is 0.793. The van der Waals surface area contributed by atoms with Gasteiger partial charge in [0.15, 0.2) is 0 Å². The number of likely N-dealkylation sites (N-methyl/N-ethyl adjacent to an activating group) is 2. The van der Waals surface area contributed by atoms with Crippen molar-refractivity contribution in [3.05, 3.63) is 29.3 Å². The second-order valence-corrected chi connectivity index (χ2v) is 6.54. The first-order valence-electron chi connectivity index (χ1n) is 8.80. The van der Waals surface area contributed by atoms with Crippen LogP contribution >= 0.6 is 11.6 Å². The number of hydrogen-bond donors (Lipinski definition) is 1. The van der Waals surface area contributed by atoms with Gasteiger partial charge >= 0.3 is 0 Å². The molecule has 1 aromatic rings. The fourth-order valence-electron chi connectivity index (χ4n) is 2.91. The average molecular weight is 367 g/mol. The Kier molecular flexibility index (Phi) is 7.52. The molecule has 1 heterocycles. The fraction of sp³-hybridized carbons (Fsp3) is 0.556. The number of piperazine rings is 1. The lowest BCUT2D eigenvalue weighted by Gasteiger charge is -2.37. The molecule has 25 heavy (non-hydrogen) atoms. The first kappa shape index (κ1) is 19.5. The maximum atomic E-state index is 12.5. The number of amides is 2. The zero-order valence-electron chi connectivity index (χ0n) is 15.0. The maximum Gasteiger partial charge on any atom is 0.236 e. The van der Waals surface area contributed by atoms with Crippen LogP contribution < -0.4 is 10.2 Å². The van der Waals surface area contributed by atoms with Crippen LogP contribution in [0.15, 0.2) is 24.3 Å². The molecule has 7 heteroatoms. The van der Waals surface area contributed by atoms with Crippen molar-refractivity contribution in [3.8, 4) is 0 Å².